The van der Waals surface area contributed by atoms with Gasteiger partial charge in [0.15, 0.2) is 5.78 Å². The molecular weight excluding hydrogens is 383 g/mol. The fourth-order valence-corrected chi connectivity index (χ4v) is 4.03. The summed E-state index contributed by atoms with van der Waals surface area (Å²) in [5.74, 6) is -1.44. The lowest BCUT2D eigenvalue weighted by atomic mass is 10.1. The van der Waals surface area contributed by atoms with Crippen LogP contribution in [0.2, 0.25) is 0 Å². The Labute approximate surface area is 155 Å². The van der Waals surface area contributed by atoms with Crippen molar-refractivity contribution < 1.29 is 17.5 Å². The number of Topliss-reactive ketones (excluding diaryl/α,β-unsaturated/α-hetero) is 1. The van der Waals surface area contributed by atoms with Crippen LogP contribution in [-0.2, 0) is 5.75 Å². The van der Waals surface area contributed by atoms with Gasteiger partial charge in [0.05, 0.1) is 33.3 Å². The maximum atomic E-state index is 14.1. The first-order valence-corrected chi connectivity index (χ1v) is 9.47. The standard InChI is InChI=1S/C18H14F3NO2S2/c1-9(23)14-17(24)15-12(19)6-7-13(20)16(15)22-18(14)25-8-10-2-4-11(26-21)5-3-10/h2-5,22H,6-8H2,1H3. The minimum Gasteiger partial charge on any atom is -0.347 e. The molecule has 1 aliphatic carbocycles. The normalized spacial score (nSPS) is 13.7. The zero-order valence-electron chi connectivity index (χ0n) is 13.7. The number of carbonyl (C=O) groups is 1. The molecule has 0 fully saturated rings. The molecule has 1 aromatic carbocycles. The molecule has 0 amide bonds. The number of benzene rings is 1. The van der Waals surface area contributed by atoms with Gasteiger partial charge in [0, 0.05) is 23.5 Å². The number of nitrogens with one attached hydrogen (secondary N) is 1. The van der Waals surface area contributed by atoms with Gasteiger partial charge in [0.1, 0.15) is 11.7 Å². The van der Waals surface area contributed by atoms with Crippen LogP contribution >= 0.6 is 23.9 Å². The molecular formula is C18H14F3NO2S2. The van der Waals surface area contributed by atoms with E-state index in [9.17, 15) is 22.3 Å². The zero-order valence-corrected chi connectivity index (χ0v) is 15.3. The van der Waals surface area contributed by atoms with Gasteiger partial charge in [-0.1, -0.05) is 12.1 Å². The van der Waals surface area contributed by atoms with Gasteiger partial charge in [-0.2, -0.15) is 3.89 Å². The number of pyridine rings is 1. The van der Waals surface area contributed by atoms with Gasteiger partial charge in [-0.3, -0.25) is 9.59 Å². The second kappa shape index (κ2) is 7.75. The van der Waals surface area contributed by atoms with Crippen LogP contribution in [0.1, 0.15) is 35.7 Å². The third kappa shape index (κ3) is 3.61. The predicted octanol–water partition coefficient (Wildman–Crippen LogP) is 3.80. The number of hydrogen-bond donors (Lipinski definition) is 1. The summed E-state index contributed by atoms with van der Waals surface area (Å²) in [5, 5.41) is -0.363. The molecule has 1 aliphatic rings. The highest BCUT2D eigenvalue weighted by Crippen LogP contribution is 2.25. The van der Waals surface area contributed by atoms with Gasteiger partial charge in [0.2, 0.25) is 5.43 Å². The van der Waals surface area contributed by atoms with Crippen molar-refractivity contribution >= 4 is 41.3 Å². The third-order valence-electron chi connectivity index (χ3n) is 4.02. The van der Waals surface area contributed by atoms with Crippen LogP contribution in [0.3, 0.4) is 0 Å². The Morgan fingerprint density at radius 3 is 2.42 bits per heavy atom. The number of aromatic amines is 1. The van der Waals surface area contributed by atoms with E-state index in [0.717, 1.165) is 17.3 Å². The van der Waals surface area contributed by atoms with E-state index in [4.69, 9.17) is 0 Å². The summed E-state index contributed by atoms with van der Waals surface area (Å²) in [5.41, 5.74) is -0.122. The van der Waals surface area contributed by atoms with Crippen molar-refractivity contribution in [1.29, 1.82) is 0 Å². The molecule has 0 atom stereocenters. The van der Waals surface area contributed by atoms with Gasteiger partial charge in [-0.05, 0) is 24.6 Å². The van der Waals surface area contributed by atoms with E-state index in [0.29, 0.717) is 10.6 Å². The number of carbonyl (C=O) groups excluding carboxylic acids is 1. The van der Waals surface area contributed by atoms with Crippen LogP contribution in [0.15, 0.2) is 39.0 Å². The Hall–Kier alpha value is -1.93. The number of thioether (sulfide) groups is 1. The molecule has 136 valence electrons. The van der Waals surface area contributed by atoms with E-state index in [1.54, 1.807) is 24.3 Å². The average Bonchev–Trinajstić information content (AvgIpc) is 2.62. The first kappa shape index (κ1) is 18.8. The summed E-state index contributed by atoms with van der Waals surface area (Å²) in [6.45, 7) is 1.22. The fourth-order valence-electron chi connectivity index (χ4n) is 2.73. The van der Waals surface area contributed by atoms with Crippen molar-refractivity contribution in [1.82, 2.24) is 4.98 Å². The highest BCUT2D eigenvalue weighted by Gasteiger charge is 2.21. The van der Waals surface area contributed by atoms with Gasteiger partial charge >= 0.3 is 0 Å². The maximum absolute atomic E-state index is 14.1. The fraction of sp³-hybridized carbons (Fsp3) is 0.222. The summed E-state index contributed by atoms with van der Waals surface area (Å²) >= 11 is 1.28. The van der Waals surface area contributed by atoms with Crippen LogP contribution in [0.4, 0.5) is 12.7 Å². The summed E-state index contributed by atoms with van der Waals surface area (Å²) in [6.07, 6.45) is -0.314. The lowest BCUT2D eigenvalue weighted by molar-refractivity contribution is 0.101. The van der Waals surface area contributed by atoms with E-state index in [1.807, 2.05) is 0 Å². The number of ketones is 1. The zero-order chi connectivity index (χ0) is 18.8. The van der Waals surface area contributed by atoms with Gasteiger partial charge in [-0.15, -0.1) is 11.8 Å². The molecule has 1 aromatic heterocycles. The van der Waals surface area contributed by atoms with E-state index >= 15 is 0 Å². The minimum absolute atomic E-state index is 0.124. The molecule has 26 heavy (non-hydrogen) atoms. The molecule has 1 heterocycles. The van der Waals surface area contributed by atoms with Crippen molar-refractivity contribution in [2.24, 2.45) is 0 Å². The highest BCUT2D eigenvalue weighted by atomic mass is 32.2. The second-order valence-electron chi connectivity index (χ2n) is 5.78. The Morgan fingerprint density at radius 2 is 1.81 bits per heavy atom. The molecule has 0 unspecified atom stereocenters. The lowest BCUT2D eigenvalue weighted by Gasteiger charge is -2.11. The van der Waals surface area contributed by atoms with Crippen molar-refractivity contribution in [2.45, 2.75) is 35.4 Å². The molecule has 0 spiro atoms. The number of halogens is 3. The lowest BCUT2D eigenvalue weighted by Crippen LogP contribution is -2.47. The van der Waals surface area contributed by atoms with E-state index < -0.39 is 22.9 Å². The number of fused-ring (bicyclic) bond motifs is 1. The first-order valence-electron chi connectivity index (χ1n) is 7.77. The quantitative estimate of drug-likeness (QED) is 0.616. The van der Waals surface area contributed by atoms with Crippen LogP contribution in [-0.4, -0.2) is 10.8 Å². The van der Waals surface area contributed by atoms with E-state index in [-0.39, 0.29) is 46.1 Å². The molecule has 0 aliphatic heterocycles. The predicted molar refractivity (Wildman–Crippen MR) is 97.6 cm³/mol. The van der Waals surface area contributed by atoms with E-state index in [1.165, 1.54) is 6.92 Å². The summed E-state index contributed by atoms with van der Waals surface area (Å²) in [7, 11) is 0. The van der Waals surface area contributed by atoms with Crippen LogP contribution in [0, 0.1) is 0 Å². The van der Waals surface area contributed by atoms with Gasteiger partial charge in [-0.25, -0.2) is 8.78 Å². The molecule has 0 saturated carbocycles. The molecule has 2 aromatic rings. The Balaban J connectivity index is 2.07. The summed E-state index contributed by atoms with van der Waals surface area (Å²) in [4.78, 5) is 27.7. The first-order chi connectivity index (χ1) is 12.4. The molecule has 0 radical (unpaired) electrons. The smallest absolute Gasteiger partial charge is 0.204 e. The molecule has 0 saturated heterocycles. The van der Waals surface area contributed by atoms with Crippen molar-refractivity contribution in [3.05, 3.63) is 56.2 Å². The number of rotatable bonds is 5. The van der Waals surface area contributed by atoms with Gasteiger partial charge < -0.3 is 4.98 Å². The van der Waals surface area contributed by atoms with Crippen molar-refractivity contribution in [3.8, 4) is 0 Å². The SMILES string of the molecule is CC(=O)c1c(SCc2ccc(SF)cc2)[nH]c2c(c1=O)=C(F)CCC=2F. The van der Waals surface area contributed by atoms with Gasteiger partial charge in [0.25, 0.3) is 0 Å². The average molecular weight is 397 g/mol. The Morgan fingerprint density at radius 1 is 1.15 bits per heavy atom. The van der Waals surface area contributed by atoms with Crippen LogP contribution in [0.25, 0.3) is 11.7 Å². The molecule has 1 N–H and O–H groups in total. The third-order valence-corrected chi connectivity index (χ3v) is 5.55. The van der Waals surface area contributed by atoms with E-state index in [2.05, 4.69) is 4.98 Å². The van der Waals surface area contributed by atoms with Crippen LogP contribution < -0.4 is 16.0 Å². The number of aromatic nitrogens is 1. The number of hydrogen-bond acceptors (Lipinski definition) is 4. The highest BCUT2D eigenvalue weighted by molar-refractivity contribution is 7.98. The summed E-state index contributed by atoms with van der Waals surface area (Å²) < 4.78 is 40.7. The molecule has 3 rings (SSSR count). The molecule has 0 bridgehead atoms. The Kier molecular flexibility index (Phi) is 5.62. The monoisotopic (exact) mass is 397 g/mol. The van der Waals surface area contributed by atoms with Crippen molar-refractivity contribution in [2.75, 3.05) is 0 Å². The minimum atomic E-state index is -0.787. The van der Waals surface area contributed by atoms with Crippen LogP contribution in [0.5, 0.6) is 0 Å². The molecule has 8 heteroatoms. The number of H-pyrrole nitrogens is 1. The Bertz CT molecular complexity index is 1050. The largest absolute Gasteiger partial charge is 0.347 e. The second-order valence-corrected chi connectivity index (χ2v) is 7.40. The summed E-state index contributed by atoms with van der Waals surface area (Å²) in [6, 6.07) is 6.66. The molecule has 3 nitrogen and oxygen atoms in total. The maximum Gasteiger partial charge on any atom is 0.204 e. The van der Waals surface area contributed by atoms with Crippen molar-refractivity contribution in [3.63, 3.8) is 0 Å². The topological polar surface area (TPSA) is 49.9 Å².